The van der Waals surface area contributed by atoms with Crippen molar-refractivity contribution in [1.29, 1.82) is 0 Å². The lowest BCUT2D eigenvalue weighted by molar-refractivity contribution is 0.311. The SMILES string of the molecule is CCOc1cc(C=c2sc(=Cc3nc4ccccc4s3)[nH]c2=O)ccc1OC. The lowest BCUT2D eigenvalue weighted by Gasteiger charge is -2.09. The van der Waals surface area contributed by atoms with Gasteiger partial charge in [0.1, 0.15) is 5.01 Å². The predicted molar refractivity (Wildman–Crippen MR) is 115 cm³/mol. The van der Waals surface area contributed by atoms with Gasteiger partial charge in [0.15, 0.2) is 11.5 Å². The van der Waals surface area contributed by atoms with Gasteiger partial charge in [-0.15, -0.1) is 22.7 Å². The molecule has 0 aliphatic rings. The van der Waals surface area contributed by atoms with E-state index < -0.39 is 0 Å². The zero-order valence-corrected chi connectivity index (χ0v) is 17.0. The average molecular weight is 411 g/mol. The second-order valence-electron chi connectivity index (χ2n) is 5.94. The van der Waals surface area contributed by atoms with Crippen LogP contribution >= 0.6 is 22.7 Å². The molecule has 0 unspecified atom stereocenters. The molecule has 0 fully saturated rings. The van der Waals surface area contributed by atoms with Gasteiger partial charge in [-0.25, -0.2) is 4.98 Å². The number of nitrogens with zero attached hydrogens (tertiary/aromatic N) is 1. The highest BCUT2D eigenvalue weighted by Gasteiger charge is 2.05. The Bertz CT molecular complexity index is 1270. The zero-order chi connectivity index (χ0) is 19.5. The molecule has 0 saturated carbocycles. The third kappa shape index (κ3) is 3.85. The van der Waals surface area contributed by atoms with E-state index >= 15 is 0 Å². The Morgan fingerprint density at radius 3 is 2.75 bits per heavy atom. The standard InChI is InChI=1S/C21H18N2O3S2/c1-3-26-16-10-13(8-9-15(16)25-2)11-18-21(24)23-20(28-18)12-19-22-14-6-4-5-7-17(14)27-19/h4-12H,3H2,1-2H3,(H,23,24). The van der Waals surface area contributed by atoms with E-state index in [2.05, 4.69) is 9.97 Å². The summed E-state index contributed by atoms with van der Waals surface area (Å²) in [6, 6.07) is 13.6. The van der Waals surface area contributed by atoms with Crippen molar-refractivity contribution in [3.05, 3.63) is 72.6 Å². The van der Waals surface area contributed by atoms with Crippen molar-refractivity contribution in [2.75, 3.05) is 13.7 Å². The number of hydrogen-bond acceptors (Lipinski definition) is 6. The number of aromatic amines is 1. The molecule has 0 bridgehead atoms. The van der Waals surface area contributed by atoms with Crippen molar-refractivity contribution in [3.8, 4) is 11.5 Å². The number of thiazole rings is 2. The first kappa shape index (κ1) is 18.5. The molecular formula is C21H18N2O3S2. The predicted octanol–water partition coefficient (Wildman–Crippen LogP) is 3.11. The second-order valence-corrected chi connectivity index (χ2v) is 8.08. The number of H-pyrrole nitrogens is 1. The van der Waals surface area contributed by atoms with Gasteiger partial charge in [0.2, 0.25) is 0 Å². The van der Waals surface area contributed by atoms with Crippen molar-refractivity contribution < 1.29 is 9.47 Å². The molecule has 0 atom stereocenters. The van der Waals surface area contributed by atoms with Crippen LogP contribution in [0.4, 0.5) is 0 Å². The third-order valence-corrected chi connectivity index (χ3v) is 5.98. The summed E-state index contributed by atoms with van der Waals surface area (Å²) in [6.45, 7) is 2.46. The van der Waals surface area contributed by atoms with Crippen LogP contribution in [0.1, 0.15) is 17.5 Å². The fourth-order valence-electron chi connectivity index (χ4n) is 2.79. The van der Waals surface area contributed by atoms with Gasteiger partial charge in [0, 0.05) is 6.08 Å². The lowest BCUT2D eigenvalue weighted by Crippen LogP contribution is -2.19. The highest BCUT2D eigenvalue weighted by molar-refractivity contribution is 7.19. The van der Waals surface area contributed by atoms with Crippen LogP contribution in [0.5, 0.6) is 11.5 Å². The van der Waals surface area contributed by atoms with E-state index in [1.807, 2.05) is 61.5 Å². The highest BCUT2D eigenvalue weighted by Crippen LogP contribution is 2.28. The van der Waals surface area contributed by atoms with Gasteiger partial charge in [-0.3, -0.25) is 4.79 Å². The molecule has 0 radical (unpaired) electrons. The molecule has 2 aromatic carbocycles. The summed E-state index contributed by atoms with van der Waals surface area (Å²) in [5, 5.41) is 0.869. The van der Waals surface area contributed by atoms with Crippen LogP contribution in [0.15, 0.2) is 47.3 Å². The monoisotopic (exact) mass is 410 g/mol. The molecule has 0 aliphatic carbocycles. The summed E-state index contributed by atoms with van der Waals surface area (Å²) in [5.41, 5.74) is 1.72. The molecule has 4 aromatic rings. The van der Waals surface area contributed by atoms with E-state index in [4.69, 9.17) is 9.47 Å². The summed E-state index contributed by atoms with van der Waals surface area (Å²) >= 11 is 3.00. The van der Waals surface area contributed by atoms with Crippen LogP contribution in [0, 0.1) is 0 Å². The molecule has 28 heavy (non-hydrogen) atoms. The lowest BCUT2D eigenvalue weighted by atomic mass is 10.2. The molecule has 0 spiro atoms. The van der Waals surface area contributed by atoms with Gasteiger partial charge >= 0.3 is 0 Å². The zero-order valence-electron chi connectivity index (χ0n) is 15.4. The van der Waals surface area contributed by atoms with Gasteiger partial charge in [0.25, 0.3) is 5.56 Å². The second kappa shape index (κ2) is 8.00. The van der Waals surface area contributed by atoms with Crippen molar-refractivity contribution >= 4 is 45.0 Å². The van der Waals surface area contributed by atoms with E-state index in [0.717, 1.165) is 25.5 Å². The number of ether oxygens (including phenoxy) is 2. The molecule has 7 heteroatoms. The van der Waals surface area contributed by atoms with E-state index in [-0.39, 0.29) is 5.56 Å². The molecule has 1 N–H and O–H groups in total. The van der Waals surface area contributed by atoms with Crippen LogP contribution in [0.3, 0.4) is 0 Å². The Morgan fingerprint density at radius 2 is 1.96 bits per heavy atom. The van der Waals surface area contributed by atoms with E-state index in [1.165, 1.54) is 11.3 Å². The summed E-state index contributed by atoms with van der Waals surface area (Å²) in [5.74, 6) is 1.33. The van der Waals surface area contributed by atoms with Gasteiger partial charge in [0.05, 0.1) is 33.1 Å². The van der Waals surface area contributed by atoms with Gasteiger partial charge in [-0.05, 0) is 42.8 Å². The molecule has 2 aromatic heterocycles. The maximum atomic E-state index is 12.4. The maximum Gasteiger partial charge on any atom is 0.266 e. The Hall–Kier alpha value is -2.90. The molecule has 142 valence electrons. The van der Waals surface area contributed by atoms with E-state index in [1.54, 1.807) is 18.4 Å². The number of benzene rings is 2. The number of para-hydroxylation sites is 1. The third-order valence-electron chi connectivity index (χ3n) is 4.03. The Labute approximate surface area is 169 Å². The van der Waals surface area contributed by atoms with Crippen molar-refractivity contribution in [1.82, 2.24) is 9.97 Å². The highest BCUT2D eigenvalue weighted by atomic mass is 32.1. The van der Waals surface area contributed by atoms with Crippen LogP contribution in [0.25, 0.3) is 22.4 Å². The first-order valence-corrected chi connectivity index (χ1v) is 10.4. The number of methoxy groups -OCH3 is 1. The normalized spacial score (nSPS) is 12.6. The molecular weight excluding hydrogens is 392 g/mol. The number of aromatic nitrogens is 2. The van der Waals surface area contributed by atoms with Crippen LogP contribution < -0.4 is 24.2 Å². The van der Waals surface area contributed by atoms with Crippen molar-refractivity contribution in [2.24, 2.45) is 0 Å². The van der Waals surface area contributed by atoms with Gasteiger partial charge < -0.3 is 14.5 Å². The number of fused-ring (bicyclic) bond motifs is 1. The molecule has 0 saturated heterocycles. The summed E-state index contributed by atoms with van der Waals surface area (Å²) in [7, 11) is 1.61. The minimum absolute atomic E-state index is 0.119. The fraction of sp³-hybridized carbons (Fsp3) is 0.143. The van der Waals surface area contributed by atoms with Crippen LogP contribution in [-0.4, -0.2) is 23.7 Å². The smallest absolute Gasteiger partial charge is 0.266 e. The van der Waals surface area contributed by atoms with Crippen molar-refractivity contribution in [3.63, 3.8) is 0 Å². The quantitative estimate of drug-likeness (QED) is 0.549. The van der Waals surface area contributed by atoms with E-state index in [9.17, 15) is 4.79 Å². The first-order chi connectivity index (χ1) is 13.7. The molecule has 5 nitrogen and oxygen atoms in total. The fourth-order valence-corrected chi connectivity index (χ4v) is 4.67. The van der Waals surface area contributed by atoms with Crippen LogP contribution in [-0.2, 0) is 0 Å². The van der Waals surface area contributed by atoms with Crippen molar-refractivity contribution in [2.45, 2.75) is 6.92 Å². The topological polar surface area (TPSA) is 64.2 Å². The Balaban J connectivity index is 1.73. The van der Waals surface area contributed by atoms with E-state index in [0.29, 0.717) is 22.6 Å². The average Bonchev–Trinajstić information content (AvgIpc) is 3.25. The molecule has 0 aliphatic heterocycles. The summed E-state index contributed by atoms with van der Waals surface area (Å²) in [6.07, 6.45) is 3.76. The number of rotatable bonds is 5. The van der Waals surface area contributed by atoms with Crippen LogP contribution in [0.2, 0.25) is 0 Å². The minimum atomic E-state index is -0.119. The first-order valence-electron chi connectivity index (χ1n) is 8.75. The van der Waals surface area contributed by atoms with Gasteiger partial charge in [-0.2, -0.15) is 0 Å². The number of nitrogens with one attached hydrogen (secondary N) is 1. The molecule has 0 amide bonds. The Morgan fingerprint density at radius 1 is 1.11 bits per heavy atom. The maximum absolute atomic E-state index is 12.4. The summed E-state index contributed by atoms with van der Waals surface area (Å²) in [4.78, 5) is 19.9. The van der Waals surface area contributed by atoms with Gasteiger partial charge in [-0.1, -0.05) is 18.2 Å². The minimum Gasteiger partial charge on any atom is -0.493 e. The largest absolute Gasteiger partial charge is 0.493 e. The number of hydrogen-bond donors (Lipinski definition) is 1. The molecule has 2 heterocycles. The molecule has 4 rings (SSSR count). The Kier molecular flexibility index (Phi) is 5.27. The summed E-state index contributed by atoms with van der Waals surface area (Å²) < 4.78 is 13.4.